The SMILES string of the molecule is CC(=O)COC1C#CCCCCC1.O=C(O)CC1CCCCC#CC1(F)F.O=C(O)COC1CCC#CC(F)(F)CC1.O=C(O)c1ccc(CC2(F)C#CCCCCC2)cc1.O=C(O)c1ccc(CC2C#CCCCCC2)cc1.O=C(O)c1ccc(CC2CCCCC#CC2(F)F)cc1.O=C(O)c1ccc(COC2C#CCCCCC2)cc1. The molecule has 7 unspecified atom stereocenters. The molecular formula is C95H109F7O16. The minimum atomic E-state index is -3.14. The Morgan fingerprint density at radius 3 is 1.26 bits per heavy atom. The van der Waals surface area contributed by atoms with E-state index in [-0.39, 0.29) is 67.8 Å². The second kappa shape index (κ2) is 53.9. The van der Waals surface area contributed by atoms with E-state index in [4.69, 9.17) is 44.8 Å². The van der Waals surface area contributed by atoms with Gasteiger partial charge in [-0.2, -0.15) is 26.3 Å². The first-order valence-electron chi connectivity index (χ1n) is 40.7. The van der Waals surface area contributed by atoms with Gasteiger partial charge in [-0.05, 0) is 217 Å². The summed E-state index contributed by atoms with van der Waals surface area (Å²) in [6.07, 6.45) is 27.0. The summed E-state index contributed by atoms with van der Waals surface area (Å²) >= 11 is 0. The van der Waals surface area contributed by atoms with Gasteiger partial charge >= 0.3 is 53.6 Å². The normalized spacial score (nSPS) is 21.8. The molecule has 11 rings (SSSR count). The molecule has 0 fully saturated rings. The van der Waals surface area contributed by atoms with Crippen molar-refractivity contribution in [3.05, 3.63) is 142 Å². The molecule has 0 aromatic heterocycles. The number of halogens is 7. The molecule has 4 aromatic rings. The first-order chi connectivity index (χ1) is 56.4. The molecule has 0 saturated carbocycles. The first-order valence-corrected chi connectivity index (χ1v) is 40.7. The molecule has 0 radical (unpaired) electrons. The predicted molar refractivity (Wildman–Crippen MR) is 435 cm³/mol. The van der Waals surface area contributed by atoms with E-state index in [1.54, 1.807) is 60.7 Å². The summed E-state index contributed by atoms with van der Waals surface area (Å²) in [6, 6.07) is 26.4. The first kappa shape index (κ1) is 98.3. The number of rotatable bonds is 21. The van der Waals surface area contributed by atoms with E-state index in [1.807, 2.05) is 24.0 Å². The van der Waals surface area contributed by atoms with Crippen LogP contribution in [-0.2, 0) is 54.5 Å². The highest BCUT2D eigenvalue weighted by molar-refractivity contribution is 5.89. The lowest BCUT2D eigenvalue weighted by atomic mass is 9.87. The molecule has 7 aliphatic rings. The van der Waals surface area contributed by atoms with Crippen LogP contribution in [0.3, 0.4) is 0 Å². The molecule has 0 spiro atoms. The van der Waals surface area contributed by atoms with E-state index in [1.165, 1.54) is 81.7 Å². The van der Waals surface area contributed by atoms with Gasteiger partial charge in [-0.1, -0.05) is 141 Å². The predicted octanol–water partition coefficient (Wildman–Crippen LogP) is 20.0. The third-order valence-corrected chi connectivity index (χ3v) is 19.9. The largest absolute Gasteiger partial charge is 0.481 e. The Morgan fingerprint density at radius 1 is 0.364 bits per heavy atom. The fourth-order valence-corrected chi connectivity index (χ4v) is 13.2. The number of hydrogen-bond acceptors (Lipinski definition) is 10. The van der Waals surface area contributed by atoms with Crippen LogP contribution in [0, 0.1) is 101 Å². The van der Waals surface area contributed by atoms with Gasteiger partial charge in [-0.15, -0.1) is 17.8 Å². The minimum absolute atomic E-state index is 0.0100. The molecule has 7 atom stereocenters. The van der Waals surface area contributed by atoms with Crippen molar-refractivity contribution < 1.29 is 109 Å². The summed E-state index contributed by atoms with van der Waals surface area (Å²) < 4.78 is 111. The van der Waals surface area contributed by atoms with E-state index in [0.717, 1.165) is 119 Å². The number of hydrogen-bond donors (Lipinski definition) is 6. The third kappa shape index (κ3) is 42.2. The number of carboxylic acid groups (broad SMARTS) is 6. The quantitative estimate of drug-likeness (QED) is 0.0334. The van der Waals surface area contributed by atoms with Gasteiger partial charge in [-0.25, -0.2) is 28.4 Å². The van der Waals surface area contributed by atoms with Crippen LogP contribution in [0.1, 0.15) is 282 Å². The van der Waals surface area contributed by atoms with E-state index in [2.05, 4.69) is 71.0 Å². The van der Waals surface area contributed by atoms with Crippen molar-refractivity contribution in [1.82, 2.24) is 0 Å². The van der Waals surface area contributed by atoms with Gasteiger partial charge in [0.15, 0.2) is 11.5 Å². The lowest BCUT2D eigenvalue weighted by molar-refractivity contribution is -0.145. The lowest BCUT2D eigenvalue weighted by Crippen LogP contribution is -2.29. The Labute approximate surface area is 689 Å². The zero-order valence-electron chi connectivity index (χ0n) is 67.2. The maximum atomic E-state index is 14.7. The van der Waals surface area contributed by atoms with Crippen molar-refractivity contribution in [3.63, 3.8) is 0 Å². The second-order valence-electron chi connectivity index (χ2n) is 29.9. The molecule has 7 aliphatic carbocycles. The summed E-state index contributed by atoms with van der Waals surface area (Å²) in [5, 5.41) is 52.1. The van der Waals surface area contributed by atoms with Crippen LogP contribution in [-0.4, -0.2) is 127 Å². The molecule has 0 bridgehead atoms. The van der Waals surface area contributed by atoms with Crippen LogP contribution in [0.5, 0.6) is 0 Å². The molecule has 6 N–H and O–H groups in total. The molecule has 0 amide bonds. The van der Waals surface area contributed by atoms with Crippen molar-refractivity contribution in [2.24, 2.45) is 17.8 Å². The Kier molecular flexibility index (Phi) is 44.9. The van der Waals surface area contributed by atoms with Crippen LogP contribution in [0.2, 0.25) is 0 Å². The van der Waals surface area contributed by atoms with E-state index in [0.29, 0.717) is 68.6 Å². The van der Waals surface area contributed by atoms with Gasteiger partial charge in [0.2, 0.25) is 0 Å². The number of carboxylic acids is 6. The Balaban J connectivity index is 0.000000247. The maximum Gasteiger partial charge on any atom is 0.335 e. The smallest absolute Gasteiger partial charge is 0.335 e. The van der Waals surface area contributed by atoms with E-state index >= 15 is 0 Å². The molecule has 0 heterocycles. The average Bonchev–Trinajstić information content (AvgIpc) is 0.842. The standard InChI is InChI=1S/C16H16F2O2.C16H17FO2.C16H18O3.C16H18O2.C11H16O2.C10H12F2O3.C10H12F2O2/c17-16(18)10-4-2-1-3-5-14(16)11-12-6-8-13(9-7-12)15(19)20;17-16(10-4-2-1-3-5-11-16)12-13-6-8-14(9-7-13)15(18)19;17-16(18)14-10-8-13(9-11-14)12-19-15-6-4-2-1-3-5-7-15;17-16(18)15-10-8-14(9-11-15)12-13-6-4-2-1-3-5-7-13;1-10(12)9-13-11-7-5-3-2-4-6-8-11;11-10(12)5-2-1-3-8(4-6-10)15-7-9(13)14;11-10(12)6-4-2-1-3-5-8(10)7-9(13)14/h6-9,14H,1-3,5,11H2,(H,19,20);6-9H,1-4,10,12H2,(H,18,19);8-11,15H,1-4,6,12H2,(H,17,18);8-11,13H,1-4,6,12H2,(H,17,18);11H,2-5,7,9H2,1H3;8H,1,3-4,6-7H2,(H,13,14);8H,1-3,5,7H2,(H,13,14). The van der Waals surface area contributed by atoms with Crippen molar-refractivity contribution in [3.8, 4) is 82.9 Å². The van der Waals surface area contributed by atoms with Crippen LogP contribution in [0.25, 0.3) is 0 Å². The number of carbonyl (C=O) groups is 7. The molecule has 0 aliphatic heterocycles. The highest BCUT2D eigenvalue weighted by atomic mass is 19.3. The molecule has 4 aromatic carbocycles. The number of benzene rings is 4. The number of Topliss-reactive ketones (excluding diaryl/α,β-unsaturated/α-hetero) is 1. The Bertz CT molecular complexity index is 4310. The highest BCUT2D eigenvalue weighted by Crippen LogP contribution is 2.35. The summed E-state index contributed by atoms with van der Waals surface area (Å²) in [7, 11) is 0. The topological polar surface area (TPSA) is 269 Å². The summed E-state index contributed by atoms with van der Waals surface area (Å²) in [6.45, 7) is 1.79. The zero-order chi connectivity index (χ0) is 86.0. The number of ether oxygens (including phenoxy) is 3. The van der Waals surface area contributed by atoms with Crippen molar-refractivity contribution in [2.45, 2.75) is 286 Å². The van der Waals surface area contributed by atoms with Crippen molar-refractivity contribution in [1.29, 1.82) is 0 Å². The van der Waals surface area contributed by atoms with Crippen LogP contribution < -0.4 is 0 Å². The van der Waals surface area contributed by atoms with Gasteiger partial charge in [0, 0.05) is 75.5 Å². The number of ketones is 1. The van der Waals surface area contributed by atoms with Crippen LogP contribution in [0.15, 0.2) is 97.1 Å². The summed E-state index contributed by atoms with van der Waals surface area (Å²) in [4.78, 5) is 74.3. The van der Waals surface area contributed by atoms with Gasteiger partial charge in [-0.3, -0.25) is 9.59 Å². The Hall–Kier alpha value is -10.3. The number of aliphatic carboxylic acids is 2. The van der Waals surface area contributed by atoms with Crippen LogP contribution >= 0.6 is 0 Å². The third-order valence-electron chi connectivity index (χ3n) is 19.9. The van der Waals surface area contributed by atoms with Crippen molar-refractivity contribution >= 4 is 41.6 Å². The van der Waals surface area contributed by atoms with E-state index < -0.39 is 90.2 Å². The second-order valence-corrected chi connectivity index (χ2v) is 29.9. The van der Waals surface area contributed by atoms with Crippen LogP contribution in [0.4, 0.5) is 30.7 Å². The summed E-state index contributed by atoms with van der Waals surface area (Å²) in [5.74, 6) is 21.3. The van der Waals surface area contributed by atoms with Crippen molar-refractivity contribution in [2.75, 3.05) is 13.2 Å². The monoisotopic (exact) mass is 1640 g/mol. The average molecular weight is 1640 g/mol. The fraction of sp³-hybridized carbons (Fsp3) is 0.526. The Morgan fingerprint density at radius 2 is 0.771 bits per heavy atom. The molecule has 16 nitrogen and oxygen atoms in total. The van der Waals surface area contributed by atoms with Gasteiger partial charge in [0.1, 0.15) is 25.4 Å². The van der Waals surface area contributed by atoms with E-state index in [9.17, 15) is 64.3 Å². The molecule has 23 heteroatoms. The maximum absolute atomic E-state index is 14.7. The van der Waals surface area contributed by atoms with Gasteiger partial charge < -0.3 is 44.8 Å². The summed E-state index contributed by atoms with van der Waals surface area (Å²) in [5.41, 5.74) is 3.25. The molecule has 634 valence electrons. The number of aromatic carboxylic acids is 4. The van der Waals surface area contributed by atoms with Gasteiger partial charge in [0.05, 0.1) is 41.4 Å². The fourth-order valence-electron chi connectivity index (χ4n) is 13.2. The number of carbonyl (C=O) groups excluding carboxylic acids is 1. The van der Waals surface area contributed by atoms with Gasteiger partial charge in [0.25, 0.3) is 0 Å². The minimum Gasteiger partial charge on any atom is -0.481 e. The lowest BCUT2D eigenvalue weighted by Gasteiger charge is -2.24. The zero-order valence-corrected chi connectivity index (χ0v) is 67.2. The molecule has 118 heavy (non-hydrogen) atoms. The number of alkyl halides is 7. The molecule has 0 saturated heterocycles. The highest BCUT2D eigenvalue weighted by Gasteiger charge is 2.40. The molecular weight excluding hydrogens is 1530 g/mol.